The van der Waals surface area contributed by atoms with E-state index in [1.165, 1.54) is 0 Å². The first kappa shape index (κ1) is 13.9. The van der Waals surface area contributed by atoms with Gasteiger partial charge < -0.3 is 14.5 Å². The number of amides is 1. The van der Waals surface area contributed by atoms with Crippen LogP contribution in [-0.4, -0.2) is 48.6 Å². The second-order valence-electron chi connectivity index (χ2n) is 5.20. The van der Waals surface area contributed by atoms with Gasteiger partial charge in [0, 0.05) is 19.1 Å². The number of ether oxygens (including phenoxy) is 1. The highest BCUT2D eigenvalue weighted by Gasteiger charge is 2.24. The predicted molar refractivity (Wildman–Crippen MR) is 74.9 cm³/mol. The first-order chi connectivity index (χ1) is 9.16. The summed E-state index contributed by atoms with van der Waals surface area (Å²) in [7, 11) is 2.09. The van der Waals surface area contributed by atoms with E-state index in [0.717, 1.165) is 31.6 Å². The Morgan fingerprint density at radius 2 is 2.05 bits per heavy atom. The van der Waals surface area contributed by atoms with E-state index in [0.29, 0.717) is 6.61 Å². The average molecular weight is 262 g/mol. The van der Waals surface area contributed by atoms with E-state index >= 15 is 0 Å². The molecule has 0 spiro atoms. The molecule has 0 N–H and O–H groups in total. The fourth-order valence-electron chi connectivity index (χ4n) is 2.45. The molecule has 1 fully saturated rings. The lowest BCUT2D eigenvalue weighted by Gasteiger charge is -2.27. The summed E-state index contributed by atoms with van der Waals surface area (Å²) in [6.45, 7) is 5.14. The normalized spacial score (nSPS) is 20.9. The van der Waals surface area contributed by atoms with Crippen LogP contribution in [0.1, 0.15) is 18.9 Å². The van der Waals surface area contributed by atoms with Gasteiger partial charge in [-0.1, -0.05) is 30.3 Å². The predicted octanol–water partition coefficient (Wildman–Crippen LogP) is 2.35. The van der Waals surface area contributed by atoms with Gasteiger partial charge in [0.15, 0.2) is 0 Å². The molecule has 19 heavy (non-hydrogen) atoms. The highest BCUT2D eigenvalue weighted by molar-refractivity contribution is 5.68. The van der Waals surface area contributed by atoms with Crippen LogP contribution in [0.2, 0.25) is 0 Å². The summed E-state index contributed by atoms with van der Waals surface area (Å²) in [6, 6.07) is 9.99. The first-order valence-corrected chi connectivity index (χ1v) is 6.82. The quantitative estimate of drug-likeness (QED) is 0.820. The van der Waals surface area contributed by atoms with E-state index in [1.807, 2.05) is 35.2 Å². The number of benzene rings is 1. The monoisotopic (exact) mass is 262 g/mol. The van der Waals surface area contributed by atoms with E-state index in [-0.39, 0.29) is 12.1 Å². The van der Waals surface area contributed by atoms with Gasteiger partial charge in [-0.25, -0.2) is 4.79 Å². The molecule has 1 aliphatic rings. The van der Waals surface area contributed by atoms with Crippen molar-refractivity contribution in [3.8, 4) is 0 Å². The van der Waals surface area contributed by atoms with Gasteiger partial charge in [-0.15, -0.1) is 0 Å². The van der Waals surface area contributed by atoms with Gasteiger partial charge >= 0.3 is 6.09 Å². The molecule has 1 heterocycles. The maximum atomic E-state index is 12.1. The molecule has 1 unspecified atom stereocenters. The third-order valence-corrected chi connectivity index (χ3v) is 3.49. The fourth-order valence-corrected chi connectivity index (χ4v) is 2.45. The summed E-state index contributed by atoms with van der Waals surface area (Å²) >= 11 is 0. The Labute approximate surface area is 115 Å². The number of carbonyl (C=O) groups is 1. The molecule has 104 valence electrons. The minimum atomic E-state index is -0.202. The van der Waals surface area contributed by atoms with Crippen molar-refractivity contribution in [3.63, 3.8) is 0 Å². The van der Waals surface area contributed by atoms with Crippen molar-refractivity contribution < 1.29 is 9.53 Å². The van der Waals surface area contributed by atoms with Crippen LogP contribution in [0.5, 0.6) is 0 Å². The maximum Gasteiger partial charge on any atom is 0.410 e. The van der Waals surface area contributed by atoms with Crippen molar-refractivity contribution in [2.45, 2.75) is 26.0 Å². The smallest absolute Gasteiger partial charge is 0.410 e. The van der Waals surface area contributed by atoms with Crippen molar-refractivity contribution in [3.05, 3.63) is 35.9 Å². The largest absolute Gasteiger partial charge is 0.445 e. The molecule has 1 saturated heterocycles. The van der Waals surface area contributed by atoms with E-state index in [4.69, 9.17) is 4.74 Å². The first-order valence-electron chi connectivity index (χ1n) is 6.82. The molecule has 1 atom stereocenters. The number of hydrogen-bond donors (Lipinski definition) is 0. The molecular weight excluding hydrogens is 240 g/mol. The molecule has 1 aliphatic heterocycles. The summed E-state index contributed by atoms with van der Waals surface area (Å²) < 4.78 is 5.40. The zero-order valence-corrected chi connectivity index (χ0v) is 11.7. The molecular formula is C15H22N2O2. The molecule has 0 aliphatic carbocycles. The summed E-state index contributed by atoms with van der Waals surface area (Å²) in [4.78, 5) is 16.2. The molecule has 2 rings (SSSR count). The van der Waals surface area contributed by atoms with Crippen LogP contribution in [0, 0.1) is 0 Å². The topological polar surface area (TPSA) is 32.8 Å². The van der Waals surface area contributed by atoms with Crippen LogP contribution >= 0.6 is 0 Å². The second-order valence-corrected chi connectivity index (χ2v) is 5.20. The lowest BCUT2D eigenvalue weighted by molar-refractivity contribution is 0.0838. The molecule has 4 heteroatoms. The summed E-state index contributed by atoms with van der Waals surface area (Å²) in [5.41, 5.74) is 1.02. The third kappa shape index (κ3) is 3.96. The number of carbonyl (C=O) groups excluding carboxylic acids is 1. The highest BCUT2D eigenvalue weighted by atomic mass is 16.6. The summed E-state index contributed by atoms with van der Waals surface area (Å²) in [5.74, 6) is 0. The highest BCUT2D eigenvalue weighted by Crippen LogP contribution is 2.11. The van der Waals surface area contributed by atoms with Gasteiger partial charge in [0.25, 0.3) is 0 Å². The standard InChI is InChI=1S/C15H22N2O2/c1-13-11-16(2)9-6-10-17(13)15(18)19-12-14-7-4-3-5-8-14/h3-5,7-8,13H,6,9-12H2,1-2H3. The van der Waals surface area contributed by atoms with Crippen LogP contribution in [0.15, 0.2) is 30.3 Å². The van der Waals surface area contributed by atoms with Crippen LogP contribution in [0.4, 0.5) is 4.79 Å². The van der Waals surface area contributed by atoms with Crippen LogP contribution < -0.4 is 0 Å². The van der Waals surface area contributed by atoms with Crippen LogP contribution in [-0.2, 0) is 11.3 Å². The fraction of sp³-hybridized carbons (Fsp3) is 0.533. The van der Waals surface area contributed by atoms with E-state index in [1.54, 1.807) is 0 Å². The minimum absolute atomic E-state index is 0.202. The molecule has 1 amide bonds. The van der Waals surface area contributed by atoms with Crippen LogP contribution in [0.3, 0.4) is 0 Å². The van der Waals surface area contributed by atoms with Gasteiger partial charge in [0.1, 0.15) is 6.61 Å². The van der Waals surface area contributed by atoms with Gasteiger partial charge in [0.05, 0.1) is 0 Å². The molecule has 0 aromatic heterocycles. The molecule has 0 saturated carbocycles. The molecule has 1 aromatic carbocycles. The van der Waals surface area contributed by atoms with E-state index < -0.39 is 0 Å². The van der Waals surface area contributed by atoms with Crippen molar-refractivity contribution in [2.24, 2.45) is 0 Å². The Balaban J connectivity index is 1.88. The van der Waals surface area contributed by atoms with Crippen molar-refractivity contribution in [1.29, 1.82) is 0 Å². The lowest BCUT2D eigenvalue weighted by Crippen LogP contribution is -2.42. The van der Waals surface area contributed by atoms with Crippen molar-refractivity contribution >= 4 is 6.09 Å². The molecule has 4 nitrogen and oxygen atoms in total. The Hall–Kier alpha value is -1.55. The Morgan fingerprint density at radius 3 is 2.79 bits per heavy atom. The SMILES string of the molecule is CC1CN(C)CCCN1C(=O)OCc1ccccc1. The Morgan fingerprint density at radius 1 is 1.32 bits per heavy atom. The molecule has 0 radical (unpaired) electrons. The molecule has 0 bridgehead atoms. The molecule has 1 aromatic rings. The van der Waals surface area contributed by atoms with Gasteiger partial charge in [0.2, 0.25) is 0 Å². The number of nitrogens with zero attached hydrogens (tertiary/aromatic N) is 2. The van der Waals surface area contributed by atoms with Crippen molar-refractivity contribution in [2.75, 3.05) is 26.7 Å². The van der Waals surface area contributed by atoms with Crippen LogP contribution in [0.25, 0.3) is 0 Å². The summed E-state index contributed by atoms with van der Waals surface area (Å²) in [6.07, 6.45) is 0.799. The Kier molecular flexibility index (Phi) is 4.80. The maximum absolute atomic E-state index is 12.1. The average Bonchev–Trinajstić information content (AvgIpc) is 2.58. The van der Waals surface area contributed by atoms with Gasteiger partial charge in [-0.2, -0.15) is 0 Å². The Bertz CT molecular complexity index is 408. The number of rotatable bonds is 2. The third-order valence-electron chi connectivity index (χ3n) is 3.49. The minimum Gasteiger partial charge on any atom is -0.445 e. The number of likely N-dealkylation sites (N-methyl/N-ethyl adjacent to an activating group) is 1. The summed E-state index contributed by atoms with van der Waals surface area (Å²) in [5, 5.41) is 0. The van der Waals surface area contributed by atoms with Gasteiger partial charge in [-0.05, 0) is 32.5 Å². The van der Waals surface area contributed by atoms with Crippen molar-refractivity contribution in [1.82, 2.24) is 9.80 Å². The zero-order valence-electron chi connectivity index (χ0n) is 11.7. The van der Waals surface area contributed by atoms with E-state index in [9.17, 15) is 4.79 Å². The number of hydrogen-bond acceptors (Lipinski definition) is 3. The lowest BCUT2D eigenvalue weighted by atomic mass is 10.2. The second kappa shape index (κ2) is 6.57. The van der Waals surface area contributed by atoms with E-state index in [2.05, 4.69) is 18.9 Å². The zero-order chi connectivity index (χ0) is 13.7. The van der Waals surface area contributed by atoms with Gasteiger partial charge in [-0.3, -0.25) is 0 Å².